The number of hydrogen-bond donors (Lipinski definition) is 0. The van der Waals surface area contributed by atoms with Gasteiger partial charge >= 0.3 is 18.3 Å². The van der Waals surface area contributed by atoms with E-state index in [1.165, 1.54) is 0 Å². The maximum atomic E-state index is 12.9. The fourth-order valence-corrected chi connectivity index (χ4v) is 5.83. The molecule has 3 nitrogen and oxygen atoms in total. The predicted molar refractivity (Wildman–Crippen MR) is 97.7 cm³/mol. The second-order valence-electron chi connectivity index (χ2n) is 9.80. The van der Waals surface area contributed by atoms with Crippen molar-refractivity contribution < 1.29 is 40.3 Å². The molecule has 0 aromatic heterocycles. The molecule has 2 saturated carbocycles. The van der Waals surface area contributed by atoms with Gasteiger partial charge in [-0.05, 0) is 43.3 Å². The topological polar surface area (TPSA) is 35.5 Å². The first-order valence-corrected chi connectivity index (χ1v) is 12.9. The lowest BCUT2D eigenvalue weighted by atomic mass is 9.58. The number of fused-ring (bicyclic) bond motifs is 1. The van der Waals surface area contributed by atoms with Crippen molar-refractivity contribution in [2.45, 2.75) is 101 Å². The molecule has 0 bridgehead atoms. The molecule has 0 unspecified atom stereocenters. The minimum Gasteiger partial charge on any atom is -0.442 e. The van der Waals surface area contributed by atoms with Crippen LogP contribution in [0.4, 0.5) is 26.3 Å². The molecule has 2 aliphatic rings. The standard InChI is InChI=1S/C19H30F6O3Si/c1-16(2,3)29(4,5)28-17-10-8-6-7-9-12(17)11-13(17)14(26)27-15(18(20,21)22)19(23,24)25/h12-13,15H,6-11H2,1-5H3/t12-,13-,17+/m0/s1. The van der Waals surface area contributed by atoms with Crippen molar-refractivity contribution in [1.82, 2.24) is 0 Å². The van der Waals surface area contributed by atoms with Crippen molar-refractivity contribution in [2.75, 3.05) is 0 Å². The Labute approximate surface area is 168 Å². The van der Waals surface area contributed by atoms with Gasteiger partial charge in [-0.15, -0.1) is 0 Å². The zero-order chi connectivity index (χ0) is 22.5. The number of halogens is 6. The van der Waals surface area contributed by atoms with Gasteiger partial charge in [0, 0.05) is 0 Å². The average Bonchev–Trinajstić information content (AvgIpc) is 2.63. The predicted octanol–water partition coefficient (Wildman–Crippen LogP) is 6.38. The van der Waals surface area contributed by atoms with E-state index in [-0.39, 0.29) is 17.4 Å². The van der Waals surface area contributed by atoms with Crippen molar-refractivity contribution in [3.63, 3.8) is 0 Å². The zero-order valence-corrected chi connectivity index (χ0v) is 18.5. The average molecular weight is 449 g/mol. The number of carbonyl (C=O) groups is 1. The van der Waals surface area contributed by atoms with Crippen molar-refractivity contribution in [3.05, 3.63) is 0 Å². The molecular weight excluding hydrogens is 418 g/mol. The normalized spacial score (nSPS) is 29.1. The fraction of sp³-hybridized carbons (Fsp3) is 0.947. The van der Waals surface area contributed by atoms with Crippen molar-refractivity contribution in [3.8, 4) is 0 Å². The van der Waals surface area contributed by atoms with E-state index in [1.54, 1.807) is 0 Å². The summed E-state index contributed by atoms with van der Waals surface area (Å²) in [6.45, 7) is 9.93. The molecule has 10 heteroatoms. The lowest BCUT2D eigenvalue weighted by Gasteiger charge is -2.58. The molecule has 0 aliphatic heterocycles. The van der Waals surface area contributed by atoms with Gasteiger partial charge in [-0.25, -0.2) is 0 Å². The summed E-state index contributed by atoms with van der Waals surface area (Å²) in [4.78, 5) is 12.6. The highest BCUT2D eigenvalue weighted by Crippen LogP contribution is 2.57. The summed E-state index contributed by atoms with van der Waals surface area (Å²) in [7, 11) is -2.43. The Bertz CT molecular complexity index is 597. The Morgan fingerprint density at radius 2 is 1.55 bits per heavy atom. The Kier molecular flexibility index (Phi) is 6.53. The molecule has 2 fully saturated rings. The van der Waals surface area contributed by atoms with Crippen LogP contribution < -0.4 is 0 Å². The molecule has 0 aromatic rings. The van der Waals surface area contributed by atoms with Gasteiger partial charge in [0.05, 0.1) is 11.5 Å². The van der Waals surface area contributed by atoms with E-state index in [0.29, 0.717) is 6.42 Å². The van der Waals surface area contributed by atoms with E-state index in [9.17, 15) is 31.1 Å². The number of carbonyl (C=O) groups excluding carboxylic acids is 1. The Morgan fingerprint density at radius 3 is 2.03 bits per heavy atom. The summed E-state index contributed by atoms with van der Waals surface area (Å²) < 4.78 is 87.8. The molecule has 0 saturated heterocycles. The van der Waals surface area contributed by atoms with Crippen LogP contribution in [0.15, 0.2) is 0 Å². The van der Waals surface area contributed by atoms with E-state index in [0.717, 1.165) is 25.7 Å². The van der Waals surface area contributed by atoms with Gasteiger partial charge in [0.1, 0.15) is 0 Å². The smallest absolute Gasteiger partial charge is 0.434 e. The summed E-state index contributed by atoms with van der Waals surface area (Å²) in [5, 5.41) is -0.219. The first-order chi connectivity index (χ1) is 12.9. The molecule has 29 heavy (non-hydrogen) atoms. The minimum atomic E-state index is -5.71. The highest BCUT2D eigenvalue weighted by Gasteiger charge is 2.65. The third-order valence-corrected chi connectivity index (χ3v) is 11.3. The summed E-state index contributed by atoms with van der Waals surface area (Å²) >= 11 is 0. The maximum absolute atomic E-state index is 12.9. The van der Waals surface area contributed by atoms with Gasteiger partial charge in [0.15, 0.2) is 8.32 Å². The van der Waals surface area contributed by atoms with E-state index in [2.05, 4.69) is 4.74 Å². The van der Waals surface area contributed by atoms with E-state index >= 15 is 0 Å². The van der Waals surface area contributed by atoms with Crippen molar-refractivity contribution >= 4 is 14.3 Å². The van der Waals surface area contributed by atoms with Gasteiger partial charge in [0.25, 0.3) is 6.10 Å². The second-order valence-corrected chi connectivity index (χ2v) is 14.5. The molecule has 0 N–H and O–H groups in total. The third kappa shape index (κ3) is 4.94. The van der Waals surface area contributed by atoms with E-state index in [1.807, 2.05) is 33.9 Å². The monoisotopic (exact) mass is 448 g/mol. The van der Waals surface area contributed by atoms with Crippen LogP contribution in [-0.2, 0) is 14.0 Å². The SMILES string of the molecule is CC(C)(C)[Si](C)(C)O[C@]12CCCCC[C@H]1C[C@H]2C(=O)OC(C(F)(F)F)C(F)(F)F. The van der Waals surface area contributed by atoms with Crippen LogP contribution in [0.25, 0.3) is 0 Å². The summed E-state index contributed by atoms with van der Waals surface area (Å²) in [6, 6.07) is 0. The van der Waals surface area contributed by atoms with Crippen LogP contribution in [0.2, 0.25) is 18.1 Å². The molecule has 0 spiro atoms. The fourth-order valence-electron chi connectivity index (χ4n) is 4.16. The molecule has 2 rings (SSSR count). The Hall–Kier alpha value is -0.773. The first kappa shape index (κ1) is 24.5. The van der Waals surface area contributed by atoms with Gasteiger partial charge in [-0.3, -0.25) is 4.79 Å². The Balaban J connectivity index is 2.32. The number of ether oxygens (including phenoxy) is 1. The lowest BCUT2D eigenvalue weighted by molar-refractivity contribution is -0.317. The summed E-state index contributed by atoms with van der Waals surface area (Å²) in [5.41, 5.74) is -1.03. The van der Waals surface area contributed by atoms with Crippen LogP contribution in [0.3, 0.4) is 0 Å². The zero-order valence-electron chi connectivity index (χ0n) is 17.5. The van der Waals surface area contributed by atoms with Crippen molar-refractivity contribution in [1.29, 1.82) is 0 Å². The maximum Gasteiger partial charge on any atom is 0.434 e. The van der Waals surface area contributed by atoms with Gasteiger partial charge in [-0.2, -0.15) is 26.3 Å². The third-order valence-electron chi connectivity index (χ3n) is 6.79. The van der Waals surface area contributed by atoms with Gasteiger partial charge in [0.2, 0.25) is 0 Å². The highest BCUT2D eigenvalue weighted by molar-refractivity contribution is 6.74. The molecule has 0 aromatic carbocycles. The van der Waals surface area contributed by atoms with Crippen LogP contribution in [0.1, 0.15) is 59.3 Å². The van der Waals surface area contributed by atoms with E-state index < -0.39 is 44.3 Å². The largest absolute Gasteiger partial charge is 0.442 e. The quantitative estimate of drug-likeness (QED) is 0.284. The van der Waals surface area contributed by atoms with Gasteiger partial charge < -0.3 is 9.16 Å². The lowest BCUT2D eigenvalue weighted by Crippen LogP contribution is -2.65. The molecule has 0 radical (unpaired) electrons. The number of rotatable bonds is 4. The molecule has 2 aliphatic carbocycles. The Morgan fingerprint density at radius 1 is 1.00 bits per heavy atom. The number of hydrogen-bond acceptors (Lipinski definition) is 3. The minimum absolute atomic E-state index is 0.0492. The molecule has 3 atom stereocenters. The molecule has 0 heterocycles. The molecular formula is C19H30F6O3Si. The summed E-state index contributed by atoms with van der Waals surface area (Å²) in [5.74, 6) is -2.61. The van der Waals surface area contributed by atoms with Crippen molar-refractivity contribution in [2.24, 2.45) is 11.8 Å². The van der Waals surface area contributed by atoms with Crippen LogP contribution in [0.5, 0.6) is 0 Å². The number of alkyl halides is 6. The second kappa shape index (κ2) is 7.73. The number of esters is 1. The van der Waals surface area contributed by atoms with E-state index in [4.69, 9.17) is 4.43 Å². The highest BCUT2D eigenvalue weighted by atomic mass is 28.4. The van der Waals surface area contributed by atoms with Crippen LogP contribution in [-0.4, -0.2) is 38.3 Å². The summed E-state index contributed by atoms with van der Waals surface area (Å²) in [6.07, 6.45) is -11.6. The van der Waals surface area contributed by atoms with Crippen LogP contribution >= 0.6 is 0 Å². The molecule has 0 amide bonds. The van der Waals surface area contributed by atoms with Crippen LogP contribution in [0, 0.1) is 11.8 Å². The first-order valence-electron chi connectivity index (χ1n) is 9.96. The van der Waals surface area contributed by atoms with Gasteiger partial charge in [-0.1, -0.05) is 40.0 Å². The molecule has 170 valence electrons.